The van der Waals surface area contributed by atoms with Gasteiger partial charge in [0.1, 0.15) is 0 Å². The summed E-state index contributed by atoms with van der Waals surface area (Å²) in [6.45, 7) is 14.0. The molecule has 0 radical (unpaired) electrons. The minimum Gasteiger partial charge on any atom is -0.261 e. The molecule has 0 aliphatic carbocycles. The van der Waals surface area contributed by atoms with E-state index in [2.05, 4.69) is 122 Å². The van der Waals surface area contributed by atoms with Gasteiger partial charge in [-0.15, -0.1) is 0 Å². The summed E-state index contributed by atoms with van der Waals surface area (Å²) >= 11 is 0. The van der Waals surface area contributed by atoms with E-state index in [9.17, 15) is 0 Å². The van der Waals surface area contributed by atoms with E-state index in [0.29, 0.717) is 0 Å². The molecule has 0 aromatic heterocycles. The Balaban J connectivity index is 1.77. The second-order valence-corrected chi connectivity index (χ2v) is 9.85. The van der Waals surface area contributed by atoms with Gasteiger partial charge in [0.25, 0.3) is 0 Å². The molecular weight excluding hydrogens is 470 g/mol. The van der Waals surface area contributed by atoms with Crippen molar-refractivity contribution in [2.24, 2.45) is 4.99 Å². The van der Waals surface area contributed by atoms with E-state index in [4.69, 9.17) is 0 Å². The highest BCUT2D eigenvalue weighted by Gasteiger charge is 2.17. The molecule has 0 saturated heterocycles. The minimum atomic E-state index is 0.919. The molecule has 0 fully saturated rings. The third-order valence-corrected chi connectivity index (χ3v) is 7.03. The van der Waals surface area contributed by atoms with Crippen LogP contribution in [0.15, 0.2) is 133 Å². The normalized spacial score (nSPS) is 12.1. The van der Waals surface area contributed by atoms with E-state index in [1.807, 2.05) is 38.3 Å². The topological polar surface area (TPSA) is 12.4 Å². The number of hydrogen-bond donors (Lipinski definition) is 0. The van der Waals surface area contributed by atoms with Crippen molar-refractivity contribution in [3.63, 3.8) is 0 Å². The third-order valence-electron chi connectivity index (χ3n) is 7.03. The van der Waals surface area contributed by atoms with Gasteiger partial charge in [-0.25, -0.2) is 0 Å². The summed E-state index contributed by atoms with van der Waals surface area (Å²) in [5.41, 5.74) is 10.3. The first kappa shape index (κ1) is 25.9. The van der Waals surface area contributed by atoms with E-state index in [0.717, 1.165) is 16.8 Å². The summed E-state index contributed by atoms with van der Waals surface area (Å²) in [7, 11) is 0. The number of rotatable bonds is 7. The van der Waals surface area contributed by atoms with Gasteiger partial charge in [0.2, 0.25) is 0 Å². The highest BCUT2D eigenvalue weighted by Crippen LogP contribution is 2.44. The smallest absolute Gasteiger partial charge is 0.0700 e. The molecule has 0 spiro atoms. The van der Waals surface area contributed by atoms with Gasteiger partial charge in [-0.3, -0.25) is 4.99 Å². The van der Waals surface area contributed by atoms with E-state index in [1.54, 1.807) is 0 Å². The Morgan fingerprint density at radius 1 is 0.744 bits per heavy atom. The average molecular weight is 504 g/mol. The Bertz CT molecular complexity index is 1740. The molecule has 0 heterocycles. The van der Waals surface area contributed by atoms with Gasteiger partial charge in [-0.05, 0) is 87.8 Å². The van der Waals surface area contributed by atoms with Gasteiger partial charge in [0, 0.05) is 11.8 Å². The monoisotopic (exact) mass is 503 g/mol. The molecule has 5 aromatic carbocycles. The molecule has 0 aliphatic heterocycles. The van der Waals surface area contributed by atoms with E-state index in [-0.39, 0.29) is 0 Å². The maximum absolute atomic E-state index is 4.58. The number of aliphatic imine (C=N–C) groups is 1. The van der Waals surface area contributed by atoms with Gasteiger partial charge < -0.3 is 0 Å². The summed E-state index contributed by atoms with van der Waals surface area (Å²) in [5, 5.41) is 4.98. The van der Waals surface area contributed by atoms with Gasteiger partial charge in [0.05, 0.1) is 5.70 Å². The fourth-order valence-electron chi connectivity index (χ4n) is 5.27. The van der Waals surface area contributed by atoms with Crippen LogP contribution in [0.1, 0.15) is 30.5 Å². The van der Waals surface area contributed by atoms with Crippen LogP contribution in [0.2, 0.25) is 0 Å². The summed E-state index contributed by atoms with van der Waals surface area (Å²) < 4.78 is 0. The number of aryl methyl sites for hydroxylation is 1. The number of allylic oxidation sites excluding steroid dienone is 4. The molecule has 190 valence electrons. The van der Waals surface area contributed by atoms with Crippen molar-refractivity contribution in [2.75, 3.05) is 0 Å². The molecule has 5 aromatic rings. The maximum Gasteiger partial charge on any atom is 0.0700 e. The van der Waals surface area contributed by atoms with Crippen molar-refractivity contribution >= 4 is 39.5 Å². The highest BCUT2D eigenvalue weighted by atomic mass is 14.7. The first-order valence-electron chi connectivity index (χ1n) is 13.3. The molecule has 1 heteroatoms. The molecular formula is C38H33N. The number of benzene rings is 5. The number of fused-ring (bicyclic) bond motifs is 2. The Hall–Kier alpha value is -4.75. The minimum absolute atomic E-state index is 0.919. The van der Waals surface area contributed by atoms with Crippen molar-refractivity contribution in [1.29, 1.82) is 0 Å². The van der Waals surface area contributed by atoms with Gasteiger partial charge >= 0.3 is 0 Å². The summed E-state index contributed by atoms with van der Waals surface area (Å²) in [6.07, 6.45) is 9.80. The predicted molar refractivity (Wildman–Crippen MR) is 173 cm³/mol. The lowest BCUT2D eigenvalue weighted by atomic mass is 9.85. The van der Waals surface area contributed by atoms with Crippen LogP contribution >= 0.6 is 0 Å². The first-order valence-corrected chi connectivity index (χ1v) is 13.3. The van der Waals surface area contributed by atoms with Crippen molar-refractivity contribution in [3.8, 4) is 22.3 Å². The molecule has 0 amide bonds. The average Bonchev–Trinajstić information content (AvgIpc) is 2.95. The Kier molecular flexibility index (Phi) is 7.52. The molecule has 0 bridgehead atoms. The molecule has 0 unspecified atom stereocenters. The molecule has 0 saturated carbocycles. The lowest BCUT2D eigenvalue weighted by Crippen LogP contribution is -1.92. The van der Waals surface area contributed by atoms with E-state index >= 15 is 0 Å². The largest absolute Gasteiger partial charge is 0.261 e. The predicted octanol–water partition coefficient (Wildman–Crippen LogP) is 10.8. The third kappa shape index (κ3) is 5.17. The zero-order chi connectivity index (χ0) is 27.4. The molecule has 39 heavy (non-hydrogen) atoms. The fourth-order valence-corrected chi connectivity index (χ4v) is 5.27. The van der Waals surface area contributed by atoms with Gasteiger partial charge in [-0.2, -0.15) is 0 Å². The van der Waals surface area contributed by atoms with Crippen molar-refractivity contribution in [1.82, 2.24) is 0 Å². The van der Waals surface area contributed by atoms with Crippen LogP contribution in [-0.2, 0) is 0 Å². The standard InChI is InChI=1S/C38H33N/c1-6-8-13-30-25-31(19-18-27(30)5)38-34-16-11-9-14-32(34)37(33-15-10-12-17-35(33)38)29-22-20-28(21-23-29)36(39-7-2)24-26(3)4/h6-25H,1,3H2,2,4-5H3/b13-8-,36-24-,39-7?. The van der Waals surface area contributed by atoms with E-state index < -0.39 is 0 Å². The Labute approximate surface area is 231 Å². The van der Waals surface area contributed by atoms with Crippen LogP contribution in [0.3, 0.4) is 0 Å². The zero-order valence-corrected chi connectivity index (χ0v) is 22.9. The van der Waals surface area contributed by atoms with Crippen LogP contribution in [0, 0.1) is 6.92 Å². The van der Waals surface area contributed by atoms with Crippen LogP contribution in [0.25, 0.3) is 55.6 Å². The summed E-state index contributed by atoms with van der Waals surface area (Å²) in [5.74, 6) is 0. The van der Waals surface area contributed by atoms with Crippen LogP contribution in [0.4, 0.5) is 0 Å². The van der Waals surface area contributed by atoms with Crippen molar-refractivity contribution < 1.29 is 0 Å². The lowest BCUT2D eigenvalue weighted by molar-refractivity contribution is 1.44. The first-order chi connectivity index (χ1) is 19.0. The molecule has 0 aliphatic rings. The fraction of sp³-hybridized carbons (Fsp3) is 0.0789. The summed E-state index contributed by atoms with van der Waals surface area (Å²) in [4.78, 5) is 4.58. The highest BCUT2D eigenvalue weighted by molar-refractivity contribution is 6.21. The van der Waals surface area contributed by atoms with Gasteiger partial charge in [0.15, 0.2) is 0 Å². The molecule has 0 atom stereocenters. The number of nitrogens with zero attached hydrogens (tertiary/aromatic N) is 1. The van der Waals surface area contributed by atoms with Crippen LogP contribution in [0.5, 0.6) is 0 Å². The van der Waals surface area contributed by atoms with Crippen LogP contribution < -0.4 is 0 Å². The Morgan fingerprint density at radius 2 is 1.28 bits per heavy atom. The SMILES string of the molecule is C=C/C=C\c1cc(-c2c3ccccc3c(-c3ccc(/C(=C/C(=C)C)N=CC)cc3)c3ccccc23)ccc1C. The maximum atomic E-state index is 4.58. The Morgan fingerprint density at radius 3 is 1.79 bits per heavy atom. The number of hydrogen-bond acceptors (Lipinski definition) is 1. The zero-order valence-electron chi connectivity index (χ0n) is 22.9. The van der Waals surface area contributed by atoms with Crippen molar-refractivity contribution in [2.45, 2.75) is 20.8 Å². The van der Waals surface area contributed by atoms with E-state index in [1.165, 1.54) is 54.9 Å². The molecule has 1 nitrogen and oxygen atoms in total. The van der Waals surface area contributed by atoms with Gasteiger partial charge in [-0.1, -0.05) is 122 Å². The second-order valence-electron chi connectivity index (χ2n) is 9.85. The second kappa shape index (κ2) is 11.3. The molecule has 0 N–H and O–H groups in total. The summed E-state index contributed by atoms with van der Waals surface area (Å²) in [6, 6.07) is 33.0. The van der Waals surface area contributed by atoms with Crippen LogP contribution in [-0.4, -0.2) is 6.21 Å². The molecule has 5 rings (SSSR count). The lowest BCUT2D eigenvalue weighted by Gasteiger charge is -2.18. The quantitative estimate of drug-likeness (QED) is 0.119. The van der Waals surface area contributed by atoms with Crippen molar-refractivity contribution in [3.05, 3.63) is 145 Å².